The van der Waals surface area contributed by atoms with Gasteiger partial charge in [0.1, 0.15) is 12.4 Å². The quantitative estimate of drug-likeness (QED) is 0.251. The molecule has 1 aromatic heterocycles. The zero-order chi connectivity index (χ0) is 29.6. The fraction of sp³-hybridized carbons (Fsp3) is 0.242. The van der Waals surface area contributed by atoms with Crippen molar-refractivity contribution in [1.82, 2.24) is 4.57 Å². The Morgan fingerprint density at radius 3 is 2.45 bits per heavy atom. The molecule has 0 amide bonds. The molecular weight excluding hydrogens is 552 g/mol. The highest BCUT2D eigenvalue weighted by molar-refractivity contribution is 7.07. The molecule has 2 heterocycles. The molecule has 9 heteroatoms. The number of benzene rings is 3. The second-order valence-corrected chi connectivity index (χ2v) is 10.6. The van der Waals surface area contributed by atoms with Crippen LogP contribution in [-0.2, 0) is 16.1 Å². The largest absolute Gasteiger partial charge is 0.490 e. The van der Waals surface area contributed by atoms with Crippen LogP contribution in [0.25, 0.3) is 6.08 Å². The molecule has 1 aliphatic heterocycles. The number of ether oxygens (including phenoxy) is 4. The first-order chi connectivity index (χ1) is 20.4. The molecule has 0 aliphatic carbocycles. The average Bonchev–Trinajstić information content (AvgIpc) is 3.31. The van der Waals surface area contributed by atoms with E-state index >= 15 is 0 Å². The van der Waals surface area contributed by atoms with E-state index in [-0.39, 0.29) is 11.1 Å². The summed E-state index contributed by atoms with van der Waals surface area (Å²) in [6.45, 7) is 7.21. The second-order valence-electron chi connectivity index (χ2n) is 9.59. The molecule has 0 saturated heterocycles. The Morgan fingerprint density at radius 1 is 0.976 bits per heavy atom. The SMILES string of the molecule is CCOc1ccc([C@@H]2C(C(=O)OC)=CN=c3s/c(=C\c4ccc(OCc5cccc(C)c5)cc4)c(=O)n32)cc1OCC. The van der Waals surface area contributed by atoms with Crippen LogP contribution in [0.15, 0.2) is 88.3 Å². The van der Waals surface area contributed by atoms with Gasteiger partial charge in [-0.15, -0.1) is 0 Å². The van der Waals surface area contributed by atoms with Gasteiger partial charge >= 0.3 is 5.97 Å². The van der Waals surface area contributed by atoms with Gasteiger partial charge in [0.05, 0.1) is 36.5 Å². The predicted molar refractivity (Wildman–Crippen MR) is 162 cm³/mol. The monoisotopic (exact) mass is 584 g/mol. The summed E-state index contributed by atoms with van der Waals surface area (Å²) in [5.74, 6) is 1.29. The van der Waals surface area contributed by atoms with Crippen molar-refractivity contribution in [2.24, 2.45) is 4.99 Å². The molecule has 3 aromatic carbocycles. The van der Waals surface area contributed by atoms with Gasteiger partial charge in [0, 0.05) is 6.20 Å². The molecule has 1 aliphatic rings. The van der Waals surface area contributed by atoms with Crippen LogP contribution >= 0.6 is 11.3 Å². The summed E-state index contributed by atoms with van der Waals surface area (Å²) in [5, 5.41) is 0. The molecule has 0 fully saturated rings. The normalized spacial score (nSPS) is 14.4. The maximum absolute atomic E-state index is 13.8. The molecule has 4 aromatic rings. The van der Waals surface area contributed by atoms with Gasteiger partial charge in [-0.3, -0.25) is 9.36 Å². The molecule has 8 nitrogen and oxygen atoms in total. The molecule has 0 spiro atoms. The van der Waals surface area contributed by atoms with Crippen LogP contribution < -0.4 is 29.1 Å². The van der Waals surface area contributed by atoms with E-state index in [0.717, 1.165) is 16.9 Å². The lowest BCUT2D eigenvalue weighted by Gasteiger charge is -2.23. The van der Waals surface area contributed by atoms with Crippen molar-refractivity contribution in [2.45, 2.75) is 33.4 Å². The smallest absolute Gasteiger partial charge is 0.337 e. The Hall–Kier alpha value is -4.63. The Balaban J connectivity index is 1.49. The Kier molecular flexibility index (Phi) is 8.88. The van der Waals surface area contributed by atoms with Gasteiger partial charge in [-0.2, -0.15) is 0 Å². The Labute approximate surface area is 247 Å². The summed E-state index contributed by atoms with van der Waals surface area (Å²) in [6.07, 6.45) is 3.29. The zero-order valence-electron chi connectivity index (χ0n) is 24.0. The van der Waals surface area contributed by atoms with Gasteiger partial charge < -0.3 is 18.9 Å². The number of aryl methyl sites for hydroxylation is 1. The number of carbonyl (C=O) groups is 1. The first kappa shape index (κ1) is 28.9. The number of methoxy groups -OCH3 is 1. The lowest BCUT2D eigenvalue weighted by molar-refractivity contribution is -0.136. The lowest BCUT2D eigenvalue weighted by Crippen LogP contribution is -2.39. The van der Waals surface area contributed by atoms with E-state index in [0.29, 0.717) is 46.2 Å². The maximum atomic E-state index is 13.8. The minimum absolute atomic E-state index is 0.248. The predicted octanol–water partition coefficient (Wildman–Crippen LogP) is 4.70. The summed E-state index contributed by atoms with van der Waals surface area (Å²) >= 11 is 1.26. The molecule has 42 heavy (non-hydrogen) atoms. The number of aromatic nitrogens is 1. The van der Waals surface area contributed by atoms with E-state index in [1.54, 1.807) is 12.1 Å². The van der Waals surface area contributed by atoms with Crippen LogP contribution in [-0.4, -0.2) is 30.9 Å². The summed E-state index contributed by atoms with van der Waals surface area (Å²) in [4.78, 5) is 31.5. The molecule has 0 bridgehead atoms. The van der Waals surface area contributed by atoms with Crippen LogP contribution in [0, 0.1) is 6.92 Å². The number of hydrogen-bond donors (Lipinski definition) is 0. The van der Waals surface area contributed by atoms with Crippen LogP contribution in [0.5, 0.6) is 17.2 Å². The number of nitrogens with zero attached hydrogens (tertiary/aromatic N) is 2. The first-order valence-corrected chi connectivity index (χ1v) is 14.5. The fourth-order valence-electron chi connectivity index (χ4n) is 4.77. The van der Waals surface area contributed by atoms with Crippen molar-refractivity contribution in [3.8, 4) is 17.2 Å². The van der Waals surface area contributed by atoms with Crippen molar-refractivity contribution in [2.75, 3.05) is 20.3 Å². The molecule has 0 N–H and O–H groups in total. The van der Waals surface area contributed by atoms with E-state index in [2.05, 4.69) is 24.0 Å². The van der Waals surface area contributed by atoms with Gasteiger partial charge in [-0.25, -0.2) is 9.79 Å². The third-order valence-electron chi connectivity index (χ3n) is 6.67. The van der Waals surface area contributed by atoms with Crippen molar-refractivity contribution >= 4 is 23.4 Å². The molecule has 5 rings (SSSR count). The van der Waals surface area contributed by atoms with Gasteiger partial charge in [-0.05, 0) is 67.8 Å². The summed E-state index contributed by atoms with van der Waals surface area (Å²) in [6, 6.07) is 20.4. The first-order valence-electron chi connectivity index (χ1n) is 13.7. The molecule has 0 unspecified atom stereocenters. The summed E-state index contributed by atoms with van der Waals surface area (Å²) in [5.41, 5.74) is 3.79. The molecule has 216 valence electrons. The Bertz CT molecular complexity index is 1800. The molecule has 1 atom stereocenters. The van der Waals surface area contributed by atoms with E-state index in [4.69, 9.17) is 18.9 Å². The molecular formula is C33H32N2O6S. The lowest BCUT2D eigenvalue weighted by atomic mass is 9.97. The van der Waals surface area contributed by atoms with Gasteiger partial charge in [0.25, 0.3) is 5.56 Å². The van der Waals surface area contributed by atoms with Crippen LogP contribution in [0.2, 0.25) is 0 Å². The van der Waals surface area contributed by atoms with Crippen LogP contribution in [0.4, 0.5) is 0 Å². The number of esters is 1. The highest BCUT2D eigenvalue weighted by Crippen LogP contribution is 2.35. The van der Waals surface area contributed by atoms with Crippen molar-refractivity contribution in [3.63, 3.8) is 0 Å². The molecule has 0 radical (unpaired) electrons. The summed E-state index contributed by atoms with van der Waals surface area (Å²) in [7, 11) is 1.31. The van der Waals surface area contributed by atoms with Crippen molar-refractivity contribution in [3.05, 3.63) is 120 Å². The highest BCUT2D eigenvalue weighted by atomic mass is 32.1. The third kappa shape index (κ3) is 6.16. The minimum Gasteiger partial charge on any atom is -0.490 e. The van der Waals surface area contributed by atoms with Gasteiger partial charge in [0.2, 0.25) is 0 Å². The topological polar surface area (TPSA) is 88.4 Å². The number of rotatable bonds is 10. The van der Waals surface area contributed by atoms with Crippen molar-refractivity contribution < 1.29 is 23.7 Å². The third-order valence-corrected chi connectivity index (χ3v) is 7.67. The highest BCUT2D eigenvalue weighted by Gasteiger charge is 2.31. The van der Waals surface area contributed by atoms with Crippen molar-refractivity contribution in [1.29, 1.82) is 0 Å². The minimum atomic E-state index is -0.747. The number of hydrogen-bond acceptors (Lipinski definition) is 8. The summed E-state index contributed by atoms with van der Waals surface area (Å²) < 4.78 is 24.5. The van der Waals surface area contributed by atoms with Gasteiger partial charge in [-0.1, -0.05) is 59.4 Å². The Morgan fingerprint density at radius 2 is 1.74 bits per heavy atom. The number of fused-ring (bicyclic) bond motifs is 1. The van der Waals surface area contributed by atoms with E-state index < -0.39 is 12.0 Å². The fourth-order valence-corrected chi connectivity index (χ4v) is 5.74. The standard InChI is InChI=1S/C33H32N2O6S/c1-5-39-27-15-12-24(18-28(27)40-6-2)30-26(32(37)38-4)19-34-33-35(30)31(36)29(42-33)17-22-10-13-25(14-11-22)41-20-23-9-7-8-21(3)16-23/h7-19,30H,5-6,20H2,1-4H3/b29-17-/t30-/m1/s1. The van der Waals surface area contributed by atoms with E-state index in [9.17, 15) is 9.59 Å². The van der Waals surface area contributed by atoms with Crippen LogP contribution in [0.1, 0.15) is 42.1 Å². The number of carbonyl (C=O) groups excluding carboxylic acids is 1. The number of thiazole rings is 1. The molecule has 0 saturated carbocycles. The van der Waals surface area contributed by atoms with Crippen LogP contribution in [0.3, 0.4) is 0 Å². The van der Waals surface area contributed by atoms with E-state index in [1.165, 1.54) is 34.8 Å². The zero-order valence-corrected chi connectivity index (χ0v) is 24.8. The van der Waals surface area contributed by atoms with Gasteiger partial charge in [0.15, 0.2) is 16.3 Å². The van der Waals surface area contributed by atoms with E-state index in [1.807, 2.05) is 62.4 Å². The second kappa shape index (κ2) is 12.9. The maximum Gasteiger partial charge on any atom is 0.337 e. The average molecular weight is 585 g/mol.